The number of hydrogen-bond acceptors (Lipinski definition) is 3. The van der Waals surface area contributed by atoms with Gasteiger partial charge in [-0.05, 0) is 35.9 Å². The molecule has 0 amide bonds. The summed E-state index contributed by atoms with van der Waals surface area (Å²) in [6, 6.07) is 10.2. The number of carboxylic acid groups (broad SMARTS) is 1. The number of carboxylic acids is 1. The van der Waals surface area contributed by atoms with Crippen molar-refractivity contribution in [3.8, 4) is 5.75 Å². The molecular formula is C15H13BrClNO3. The second kappa shape index (κ2) is 6.83. The lowest BCUT2D eigenvalue weighted by Crippen LogP contribution is -2.04. The van der Waals surface area contributed by atoms with Gasteiger partial charge in [-0.3, -0.25) is 0 Å². The Balaban J connectivity index is 2.22. The lowest BCUT2D eigenvalue weighted by Gasteiger charge is -2.13. The molecule has 21 heavy (non-hydrogen) atoms. The van der Waals surface area contributed by atoms with Crippen molar-refractivity contribution in [2.24, 2.45) is 0 Å². The molecule has 110 valence electrons. The monoisotopic (exact) mass is 369 g/mol. The third-order valence-electron chi connectivity index (χ3n) is 2.93. The van der Waals surface area contributed by atoms with Gasteiger partial charge in [0.05, 0.1) is 18.4 Å². The van der Waals surface area contributed by atoms with Gasteiger partial charge in [-0.15, -0.1) is 0 Å². The Bertz CT molecular complexity index is 676. The van der Waals surface area contributed by atoms with Crippen LogP contribution in [0.3, 0.4) is 0 Å². The average molecular weight is 371 g/mol. The molecule has 0 aromatic heterocycles. The summed E-state index contributed by atoms with van der Waals surface area (Å²) in [5.74, 6) is -0.390. The molecule has 0 bridgehead atoms. The van der Waals surface area contributed by atoms with E-state index in [0.29, 0.717) is 23.0 Å². The molecule has 0 aliphatic carbocycles. The predicted octanol–water partition coefficient (Wildman–Crippen LogP) is 4.42. The fourth-order valence-electron chi connectivity index (χ4n) is 1.83. The van der Waals surface area contributed by atoms with E-state index in [0.717, 1.165) is 10.0 Å². The second-order valence-electron chi connectivity index (χ2n) is 4.31. The summed E-state index contributed by atoms with van der Waals surface area (Å²) >= 11 is 9.35. The maximum absolute atomic E-state index is 11.0. The summed E-state index contributed by atoms with van der Waals surface area (Å²) in [7, 11) is 1.54. The molecule has 0 heterocycles. The fraction of sp³-hybridized carbons (Fsp3) is 0.133. The lowest BCUT2D eigenvalue weighted by atomic mass is 10.1. The highest BCUT2D eigenvalue weighted by Gasteiger charge is 2.09. The number of aromatic carboxylic acids is 1. The van der Waals surface area contributed by atoms with Gasteiger partial charge in [0, 0.05) is 16.0 Å². The normalized spacial score (nSPS) is 10.2. The van der Waals surface area contributed by atoms with Crippen LogP contribution in [0.5, 0.6) is 5.75 Å². The van der Waals surface area contributed by atoms with Crippen LogP contribution in [-0.4, -0.2) is 18.2 Å². The third kappa shape index (κ3) is 3.89. The minimum absolute atomic E-state index is 0.202. The van der Waals surface area contributed by atoms with E-state index in [2.05, 4.69) is 21.2 Å². The van der Waals surface area contributed by atoms with Gasteiger partial charge in [0.25, 0.3) is 0 Å². The maximum atomic E-state index is 11.0. The molecule has 0 unspecified atom stereocenters. The maximum Gasteiger partial charge on any atom is 0.335 e. The van der Waals surface area contributed by atoms with E-state index in [4.69, 9.17) is 21.4 Å². The summed E-state index contributed by atoms with van der Waals surface area (Å²) in [6.07, 6.45) is 0. The molecule has 0 spiro atoms. The molecule has 2 aromatic carbocycles. The van der Waals surface area contributed by atoms with Crippen molar-refractivity contribution >= 4 is 39.2 Å². The first kappa shape index (κ1) is 15.7. The zero-order valence-corrected chi connectivity index (χ0v) is 13.5. The minimum atomic E-state index is -0.978. The summed E-state index contributed by atoms with van der Waals surface area (Å²) in [6.45, 7) is 0.511. The Morgan fingerprint density at radius 2 is 2.10 bits per heavy atom. The number of halogens is 2. The summed E-state index contributed by atoms with van der Waals surface area (Å²) in [5.41, 5.74) is 1.83. The first-order chi connectivity index (χ1) is 10.0. The molecular weight excluding hydrogens is 358 g/mol. The average Bonchev–Trinajstić information content (AvgIpc) is 2.46. The van der Waals surface area contributed by atoms with E-state index in [-0.39, 0.29) is 5.56 Å². The van der Waals surface area contributed by atoms with Gasteiger partial charge in [0.1, 0.15) is 5.75 Å². The molecule has 2 aromatic rings. The van der Waals surface area contributed by atoms with Crippen molar-refractivity contribution in [1.82, 2.24) is 0 Å². The number of hydrogen-bond donors (Lipinski definition) is 2. The van der Waals surface area contributed by atoms with Crippen LogP contribution in [0.15, 0.2) is 40.9 Å². The molecule has 0 atom stereocenters. The Morgan fingerprint density at radius 3 is 2.71 bits per heavy atom. The number of anilines is 1. The number of methoxy groups -OCH3 is 1. The number of nitrogens with one attached hydrogen (secondary N) is 1. The van der Waals surface area contributed by atoms with Crippen molar-refractivity contribution in [2.45, 2.75) is 6.54 Å². The fourth-order valence-corrected chi connectivity index (χ4v) is 2.66. The first-order valence-electron chi connectivity index (χ1n) is 6.10. The van der Waals surface area contributed by atoms with Crippen molar-refractivity contribution in [1.29, 1.82) is 0 Å². The largest absolute Gasteiger partial charge is 0.495 e. The van der Waals surface area contributed by atoms with Crippen molar-refractivity contribution in [3.63, 3.8) is 0 Å². The summed E-state index contributed by atoms with van der Waals surface area (Å²) in [4.78, 5) is 11.0. The van der Waals surface area contributed by atoms with E-state index < -0.39 is 5.97 Å². The third-order valence-corrected chi connectivity index (χ3v) is 3.90. The smallest absolute Gasteiger partial charge is 0.335 e. The Morgan fingerprint density at radius 1 is 1.33 bits per heavy atom. The Hall–Kier alpha value is -1.72. The highest BCUT2D eigenvalue weighted by molar-refractivity contribution is 9.10. The topological polar surface area (TPSA) is 58.6 Å². The van der Waals surface area contributed by atoms with E-state index in [1.165, 1.54) is 6.07 Å². The SMILES string of the molecule is COc1ccc(C(=O)O)cc1NCc1ccc(Cl)cc1Br. The quantitative estimate of drug-likeness (QED) is 0.818. The predicted molar refractivity (Wildman–Crippen MR) is 86.4 cm³/mol. The number of ether oxygens (including phenoxy) is 1. The van der Waals surface area contributed by atoms with Crippen LogP contribution in [0.1, 0.15) is 15.9 Å². The molecule has 6 heteroatoms. The van der Waals surface area contributed by atoms with E-state index in [9.17, 15) is 4.79 Å². The van der Waals surface area contributed by atoms with Gasteiger partial charge in [0.15, 0.2) is 0 Å². The van der Waals surface area contributed by atoms with Gasteiger partial charge < -0.3 is 15.2 Å². The van der Waals surface area contributed by atoms with Crippen LogP contribution in [0.2, 0.25) is 5.02 Å². The Kier molecular flexibility index (Phi) is 5.09. The van der Waals surface area contributed by atoms with Gasteiger partial charge in [0.2, 0.25) is 0 Å². The van der Waals surface area contributed by atoms with Crippen LogP contribution in [0.4, 0.5) is 5.69 Å². The van der Waals surface area contributed by atoms with Crippen molar-refractivity contribution in [3.05, 3.63) is 57.0 Å². The molecule has 0 saturated heterocycles. The van der Waals surface area contributed by atoms with Gasteiger partial charge >= 0.3 is 5.97 Å². The molecule has 4 nitrogen and oxygen atoms in total. The van der Waals surface area contributed by atoms with Crippen LogP contribution < -0.4 is 10.1 Å². The van der Waals surface area contributed by atoms with Crippen molar-refractivity contribution < 1.29 is 14.6 Å². The first-order valence-corrected chi connectivity index (χ1v) is 7.27. The molecule has 2 N–H and O–H groups in total. The molecule has 0 saturated carbocycles. The standard InChI is InChI=1S/C15H13BrClNO3/c1-21-14-5-3-9(15(19)20)6-13(14)18-8-10-2-4-11(17)7-12(10)16/h2-7,18H,8H2,1H3,(H,19,20). The van der Waals surface area contributed by atoms with E-state index in [1.54, 1.807) is 25.3 Å². The van der Waals surface area contributed by atoms with Crippen LogP contribution >= 0.6 is 27.5 Å². The lowest BCUT2D eigenvalue weighted by molar-refractivity contribution is 0.0697. The summed E-state index contributed by atoms with van der Waals surface area (Å²) < 4.78 is 6.11. The van der Waals surface area contributed by atoms with Crippen LogP contribution in [-0.2, 0) is 6.54 Å². The molecule has 2 rings (SSSR count). The van der Waals surface area contributed by atoms with E-state index >= 15 is 0 Å². The van der Waals surface area contributed by atoms with Gasteiger partial charge in [-0.2, -0.15) is 0 Å². The highest BCUT2D eigenvalue weighted by atomic mass is 79.9. The van der Waals surface area contributed by atoms with Crippen molar-refractivity contribution in [2.75, 3.05) is 12.4 Å². The second-order valence-corrected chi connectivity index (χ2v) is 5.60. The van der Waals surface area contributed by atoms with Gasteiger partial charge in [-0.25, -0.2) is 4.79 Å². The Labute approximate surface area is 135 Å². The van der Waals surface area contributed by atoms with Crippen LogP contribution in [0, 0.1) is 0 Å². The zero-order chi connectivity index (χ0) is 15.4. The number of rotatable bonds is 5. The van der Waals surface area contributed by atoms with E-state index in [1.807, 2.05) is 12.1 Å². The number of benzene rings is 2. The highest BCUT2D eigenvalue weighted by Crippen LogP contribution is 2.28. The molecule has 0 aliphatic heterocycles. The van der Waals surface area contributed by atoms with Gasteiger partial charge in [-0.1, -0.05) is 33.6 Å². The zero-order valence-electron chi connectivity index (χ0n) is 11.2. The molecule has 0 radical (unpaired) electrons. The molecule has 0 fully saturated rings. The minimum Gasteiger partial charge on any atom is -0.495 e. The summed E-state index contributed by atoms with van der Waals surface area (Å²) in [5, 5.41) is 12.9. The molecule has 0 aliphatic rings. The number of carbonyl (C=O) groups is 1. The van der Waals surface area contributed by atoms with Crippen LogP contribution in [0.25, 0.3) is 0 Å².